The van der Waals surface area contributed by atoms with Gasteiger partial charge in [0.25, 0.3) is 5.91 Å². The zero-order valence-corrected chi connectivity index (χ0v) is 14.9. The fraction of sp³-hybridized carbons (Fsp3) is 0.353. The number of hydrogen-bond acceptors (Lipinski definition) is 6. The number of nitrogens with zero attached hydrogens (tertiary/aromatic N) is 3. The highest BCUT2D eigenvalue weighted by atomic mass is 32.2. The van der Waals surface area contributed by atoms with E-state index in [0.717, 1.165) is 11.3 Å². The number of benzene rings is 1. The molecule has 0 N–H and O–H groups in total. The van der Waals surface area contributed by atoms with E-state index in [1.807, 2.05) is 30.3 Å². The number of hydrazone groups is 1. The zero-order valence-electron chi connectivity index (χ0n) is 14.1. The summed E-state index contributed by atoms with van der Waals surface area (Å²) in [5, 5.41) is 9.27. The molecule has 25 heavy (non-hydrogen) atoms. The number of carbonyl (C=O) groups is 1. The molecule has 3 rings (SSSR count). The summed E-state index contributed by atoms with van der Waals surface area (Å²) in [5.74, 6) is -0.900. The molecule has 1 amide bonds. The molecule has 0 saturated heterocycles. The molecule has 1 aliphatic heterocycles. The molecule has 0 aliphatic carbocycles. The van der Waals surface area contributed by atoms with Crippen molar-refractivity contribution < 1.29 is 17.7 Å². The summed E-state index contributed by atoms with van der Waals surface area (Å²) in [4.78, 5) is 12.3. The Morgan fingerprint density at radius 1 is 1.24 bits per heavy atom. The van der Waals surface area contributed by atoms with Gasteiger partial charge >= 0.3 is 0 Å². The van der Waals surface area contributed by atoms with Gasteiger partial charge in [-0.05, 0) is 19.4 Å². The van der Waals surface area contributed by atoms with Crippen LogP contribution in [0.25, 0.3) is 0 Å². The topological polar surface area (TPSA) is 92.8 Å². The van der Waals surface area contributed by atoms with E-state index >= 15 is 0 Å². The second-order valence-corrected chi connectivity index (χ2v) is 8.08. The Morgan fingerprint density at radius 2 is 1.96 bits per heavy atom. The molecule has 0 atom stereocenters. The molecule has 132 valence electrons. The molecule has 0 fully saturated rings. The Morgan fingerprint density at radius 3 is 2.60 bits per heavy atom. The fourth-order valence-corrected chi connectivity index (χ4v) is 4.19. The van der Waals surface area contributed by atoms with Crippen LogP contribution in [0.5, 0.6) is 0 Å². The number of carbonyl (C=O) groups excluding carboxylic acids is 1. The highest BCUT2D eigenvalue weighted by Crippen LogP contribution is 2.18. The van der Waals surface area contributed by atoms with Crippen molar-refractivity contribution in [1.29, 1.82) is 0 Å². The van der Waals surface area contributed by atoms with Crippen LogP contribution in [0.2, 0.25) is 0 Å². The molecule has 0 radical (unpaired) electrons. The third-order valence-electron chi connectivity index (χ3n) is 4.09. The minimum Gasteiger partial charge on any atom is -0.361 e. The molecule has 0 unspecified atom stereocenters. The van der Waals surface area contributed by atoms with Crippen molar-refractivity contribution in [3.63, 3.8) is 0 Å². The maximum Gasteiger partial charge on any atom is 0.257 e. The molecule has 2 heterocycles. The molecule has 1 aromatic heterocycles. The number of aromatic nitrogens is 1. The average molecular weight is 361 g/mol. The van der Waals surface area contributed by atoms with E-state index in [1.165, 1.54) is 5.01 Å². The maximum absolute atomic E-state index is 12.4. The number of sulfone groups is 1. The van der Waals surface area contributed by atoms with Crippen LogP contribution in [0.4, 0.5) is 0 Å². The molecule has 1 aromatic carbocycles. The molecule has 0 bridgehead atoms. The normalized spacial score (nSPS) is 14.6. The van der Waals surface area contributed by atoms with Crippen LogP contribution < -0.4 is 0 Å². The van der Waals surface area contributed by atoms with Gasteiger partial charge in [-0.15, -0.1) is 0 Å². The largest absolute Gasteiger partial charge is 0.361 e. The molecule has 2 aromatic rings. The van der Waals surface area contributed by atoms with Gasteiger partial charge in [-0.1, -0.05) is 35.5 Å². The van der Waals surface area contributed by atoms with E-state index in [-0.39, 0.29) is 5.75 Å². The Kier molecular flexibility index (Phi) is 4.71. The quantitative estimate of drug-likeness (QED) is 0.810. The third-order valence-corrected chi connectivity index (χ3v) is 5.50. The Bertz CT molecular complexity index is 897. The van der Waals surface area contributed by atoms with E-state index in [4.69, 9.17) is 4.52 Å². The van der Waals surface area contributed by atoms with Crippen LogP contribution in [0.1, 0.15) is 29.0 Å². The SMILES string of the molecule is Cc1noc(C)c1CS(=O)(=O)CC(=O)N1CCC(c2ccccc2)=N1. The summed E-state index contributed by atoms with van der Waals surface area (Å²) in [6.45, 7) is 3.73. The summed E-state index contributed by atoms with van der Waals surface area (Å²) in [5.41, 5.74) is 2.77. The first-order chi connectivity index (χ1) is 11.9. The summed E-state index contributed by atoms with van der Waals surface area (Å²) < 4.78 is 29.7. The number of hydrogen-bond donors (Lipinski definition) is 0. The van der Waals surface area contributed by atoms with Crippen LogP contribution in [-0.4, -0.2) is 42.5 Å². The number of rotatable bonds is 5. The minimum absolute atomic E-state index is 0.261. The van der Waals surface area contributed by atoms with Crippen molar-refractivity contribution in [2.45, 2.75) is 26.0 Å². The van der Waals surface area contributed by atoms with E-state index < -0.39 is 21.5 Å². The Balaban J connectivity index is 1.69. The summed E-state index contributed by atoms with van der Waals surface area (Å²) >= 11 is 0. The molecule has 1 aliphatic rings. The second kappa shape index (κ2) is 6.79. The standard InChI is InChI=1S/C17H19N3O4S/c1-12-15(13(2)24-19-12)10-25(22,23)11-17(21)20-9-8-16(18-20)14-6-4-3-5-7-14/h3-7H,8-11H2,1-2H3. The first-order valence-corrected chi connectivity index (χ1v) is 9.73. The second-order valence-electron chi connectivity index (χ2n) is 6.01. The van der Waals surface area contributed by atoms with E-state index in [2.05, 4.69) is 10.3 Å². The van der Waals surface area contributed by atoms with E-state index in [0.29, 0.717) is 30.0 Å². The van der Waals surface area contributed by atoms with Crippen LogP contribution in [0.15, 0.2) is 40.0 Å². The maximum atomic E-state index is 12.4. The average Bonchev–Trinajstić information content (AvgIpc) is 3.18. The lowest BCUT2D eigenvalue weighted by Gasteiger charge is -2.11. The molecule has 0 spiro atoms. The highest BCUT2D eigenvalue weighted by molar-refractivity contribution is 7.91. The van der Waals surface area contributed by atoms with Crippen molar-refractivity contribution in [2.75, 3.05) is 12.3 Å². The predicted octanol–water partition coefficient (Wildman–Crippen LogP) is 1.84. The van der Waals surface area contributed by atoms with Crippen molar-refractivity contribution in [1.82, 2.24) is 10.2 Å². The minimum atomic E-state index is -3.63. The van der Waals surface area contributed by atoms with Gasteiger partial charge in [-0.2, -0.15) is 5.10 Å². The van der Waals surface area contributed by atoms with Gasteiger partial charge in [0.1, 0.15) is 11.5 Å². The molecule has 0 saturated carbocycles. The molecule has 7 nitrogen and oxygen atoms in total. The first kappa shape index (κ1) is 17.3. The zero-order chi connectivity index (χ0) is 18.0. The van der Waals surface area contributed by atoms with Crippen molar-refractivity contribution in [3.05, 3.63) is 52.9 Å². The summed E-state index contributed by atoms with van der Waals surface area (Å²) in [6, 6.07) is 9.54. The van der Waals surface area contributed by atoms with Gasteiger partial charge in [0.15, 0.2) is 9.84 Å². The summed E-state index contributed by atoms with van der Waals surface area (Å²) in [6.07, 6.45) is 0.611. The predicted molar refractivity (Wildman–Crippen MR) is 92.8 cm³/mol. The van der Waals surface area contributed by atoms with Gasteiger partial charge in [0.05, 0.1) is 23.7 Å². The number of aryl methyl sites for hydroxylation is 2. The number of amides is 1. The van der Waals surface area contributed by atoms with E-state index in [9.17, 15) is 13.2 Å². The molecular weight excluding hydrogens is 342 g/mol. The van der Waals surface area contributed by atoms with Crippen LogP contribution in [0.3, 0.4) is 0 Å². The third kappa shape index (κ3) is 3.96. The lowest BCUT2D eigenvalue weighted by atomic mass is 10.1. The van der Waals surface area contributed by atoms with Crippen molar-refractivity contribution in [2.24, 2.45) is 5.10 Å². The molecule has 8 heteroatoms. The van der Waals surface area contributed by atoms with Crippen molar-refractivity contribution >= 4 is 21.5 Å². The Hall–Kier alpha value is -2.48. The first-order valence-electron chi connectivity index (χ1n) is 7.91. The van der Waals surface area contributed by atoms with Crippen molar-refractivity contribution in [3.8, 4) is 0 Å². The van der Waals surface area contributed by atoms with Gasteiger partial charge in [0.2, 0.25) is 0 Å². The highest BCUT2D eigenvalue weighted by Gasteiger charge is 2.27. The van der Waals surface area contributed by atoms with Gasteiger partial charge in [-0.3, -0.25) is 4.79 Å². The van der Waals surface area contributed by atoms with Crippen LogP contribution in [-0.2, 0) is 20.4 Å². The van der Waals surface area contributed by atoms with Gasteiger partial charge in [0, 0.05) is 12.0 Å². The summed E-state index contributed by atoms with van der Waals surface area (Å²) in [7, 11) is -3.63. The lowest BCUT2D eigenvalue weighted by Crippen LogP contribution is -2.30. The molecular formula is C17H19N3O4S. The van der Waals surface area contributed by atoms with Gasteiger partial charge in [-0.25, -0.2) is 13.4 Å². The van der Waals surface area contributed by atoms with E-state index in [1.54, 1.807) is 13.8 Å². The lowest BCUT2D eigenvalue weighted by molar-refractivity contribution is -0.127. The fourth-order valence-electron chi connectivity index (χ4n) is 2.71. The Labute approximate surface area is 146 Å². The monoisotopic (exact) mass is 361 g/mol. The van der Waals surface area contributed by atoms with Gasteiger partial charge < -0.3 is 4.52 Å². The van der Waals surface area contributed by atoms with Crippen LogP contribution >= 0.6 is 0 Å². The van der Waals surface area contributed by atoms with Crippen LogP contribution in [0, 0.1) is 13.8 Å². The smallest absolute Gasteiger partial charge is 0.257 e.